The van der Waals surface area contributed by atoms with Gasteiger partial charge in [0.2, 0.25) is 11.0 Å². The maximum atomic E-state index is 11.3. The molecule has 0 saturated heterocycles. The average molecular weight is 212 g/mol. The van der Waals surface area contributed by atoms with Crippen LogP contribution in [0.1, 0.15) is 6.92 Å². The first-order valence-electron chi connectivity index (χ1n) is 3.79. The fourth-order valence-corrected chi connectivity index (χ4v) is 1.38. The van der Waals surface area contributed by atoms with Crippen LogP contribution in [0.3, 0.4) is 0 Å². The Morgan fingerprint density at radius 2 is 2.36 bits per heavy atom. The van der Waals surface area contributed by atoms with Gasteiger partial charge >= 0.3 is 0 Å². The molecule has 1 unspecified atom stereocenters. The molecule has 2 N–H and O–H groups in total. The lowest BCUT2D eigenvalue weighted by molar-refractivity contribution is -0.119. The molecule has 2 aliphatic rings. The number of halogens is 1. The highest BCUT2D eigenvalue weighted by molar-refractivity contribution is 6.69. The topological polar surface area (TPSA) is 92.5 Å². The minimum Gasteiger partial charge on any atom is -0.295 e. The summed E-state index contributed by atoms with van der Waals surface area (Å²) in [5.41, 5.74) is 4.47. The maximum absolute atomic E-state index is 11.3. The highest BCUT2D eigenvalue weighted by Crippen LogP contribution is 2.19. The van der Waals surface area contributed by atoms with E-state index in [0.29, 0.717) is 0 Å². The Balaban J connectivity index is 2.57. The third kappa shape index (κ3) is 1.11. The van der Waals surface area contributed by atoms with Gasteiger partial charge in [-0.1, -0.05) is 0 Å². The number of Topliss-reactive ketones (excluding diaryl/α,β-unsaturated/α-hetero) is 1. The van der Waals surface area contributed by atoms with Crippen molar-refractivity contribution in [2.45, 2.75) is 12.6 Å². The van der Waals surface area contributed by atoms with Gasteiger partial charge in [0, 0.05) is 0 Å². The zero-order valence-corrected chi connectivity index (χ0v) is 7.99. The van der Waals surface area contributed by atoms with Gasteiger partial charge in [-0.3, -0.25) is 10.5 Å². The van der Waals surface area contributed by atoms with Crippen LogP contribution in [0.4, 0.5) is 0 Å². The first-order valence-corrected chi connectivity index (χ1v) is 4.17. The summed E-state index contributed by atoms with van der Waals surface area (Å²) in [5.74, 6) is -0.102. The van der Waals surface area contributed by atoms with Crippen LogP contribution in [0.25, 0.3) is 0 Å². The molecule has 0 radical (unpaired) electrons. The van der Waals surface area contributed by atoms with E-state index < -0.39 is 5.66 Å². The molecular weight excluding hydrogens is 206 g/mol. The molecule has 0 saturated carbocycles. The molecule has 0 aromatic heterocycles. The van der Waals surface area contributed by atoms with Crippen LogP contribution in [-0.2, 0) is 4.79 Å². The van der Waals surface area contributed by atoms with Gasteiger partial charge in [0.25, 0.3) is 0 Å². The van der Waals surface area contributed by atoms with Crippen LogP contribution >= 0.6 is 11.6 Å². The summed E-state index contributed by atoms with van der Waals surface area (Å²) in [7, 11) is 0. The molecule has 2 rings (SSSR count). The third-order valence-electron chi connectivity index (χ3n) is 1.94. The van der Waals surface area contributed by atoms with Gasteiger partial charge in [0.05, 0.1) is 0 Å². The van der Waals surface area contributed by atoms with Gasteiger partial charge in [-0.05, 0) is 18.5 Å². The van der Waals surface area contributed by atoms with Crippen LogP contribution in [0, 0.1) is 0 Å². The second kappa shape index (κ2) is 2.79. The van der Waals surface area contributed by atoms with Crippen molar-refractivity contribution in [3.8, 4) is 0 Å². The summed E-state index contributed by atoms with van der Waals surface area (Å²) in [6.07, 6.45) is 1.27. The van der Waals surface area contributed by atoms with Crippen molar-refractivity contribution in [1.29, 1.82) is 0 Å². The Labute approximate surface area is 84.3 Å². The monoisotopic (exact) mass is 211 g/mol. The van der Waals surface area contributed by atoms with E-state index in [9.17, 15) is 4.79 Å². The smallest absolute Gasteiger partial charge is 0.222 e. The zero-order valence-electron chi connectivity index (χ0n) is 7.23. The largest absolute Gasteiger partial charge is 0.295 e. The number of hydrogen-bond acceptors (Lipinski definition) is 6. The first kappa shape index (κ1) is 9.17. The molecule has 6 nitrogen and oxygen atoms in total. The molecule has 0 aromatic carbocycles. The number of carbonyl (C=O) groups excluding carboxylic acids is 1. The SMILES string of the molecule is CC(=O)C1(N)N=C(Cl)N=C2N=CN=C21. The Hall–Kier alpha value is -1.40. The molecule has 0 aromatic rings. The number of rotatable bonds is 1. The van der Waals surface area contributed by atoms with Crippen molar-refractivity contribution >= 4 is 40.6 Å². The van der Waals surface area contributed by atoms with E-state index in [1.807, 2.05) is 0 Å². The number of fused-ring (bicyclic) bond motifs is 1. The van der Waals surface area contributed by atoms with Crippen molar-refractivity contribution in [1.82, 2.24) is 0 Å². The molecule has 0 bridgehead atoms. The molecule has 2 heterocycles. The number of carbonyl (C=O) groups is 1. The van der Waals surface area contributed by atoms with Crippen molar-refractivity contribution in [2.75, 3.05) is 0 Å². The van der Waals surface area contributed by atoms with E-state index in [-0.39, 0.29) is 22.6 Å². The quantitative estimate of drug-likeness (QED) is 0.604. The molecule has 0 fully saturated rings. The van der Waals surface area contributed by atoms with E-state index >= 15 is 0 Å². The summed E-state index contributed by atoms with van der Waals surface area (Å²) < 4.78 is 0. The zero-order chi connectivity index (χ0) is 10.3. The number of hydrogen-bond donors (Lipinski definition) is 1. The second-order valence-corrected chi connectivity index (χ2v) is 3.20. The highest BCUT2D eigenvalue weighted by Gasteiger charge is 2.43. The fraction of sp³-hybridized carbons (Fsp3) is 0.286. The van der Waals surface area contributed by atoms with Crippen LogP contribution in [0.15, 0.2) is 20.0 Å². The molecule has 72 valence electrons. The van der Waals surface area contributed by atoms with E-state index in [2.05, 4.69) is 20.0 Å². The predicted octanol–water partition coefficient (Wildman–Crippen LogP) is -0.280. The van der Waals surface area contributed by atoms with E-state index in [4.69, 9.17) is 17.3 Å². The van der Waals surface area contributed by atoms with Crippen molar-refractivity contribution in [3.05, 3.63) is 0 Å². The molecule has 14 heavy (non-hydrogen) atoms. The van der Waals surface area contributed by atoms with Crippen LogP contribution in [-0.4, -0.2) is 34.6 Å². The van der Waals surface area contributed by atoms with Crippen LogP contribution < -0.4 is 5.73 Å². The minimum absolute atomic E-state index is 0.0873. The summed E-state index contributed by atoms with van der Waals surface area (Å²) in [6.45, 7) is 1.32. The molecule has 0 spiro atoms. The maximum Gasteiger partial charge on any atom is 0.222 e. The standard InChI is InChI=1S/C7H6ClN5O/c1-3(14)7(9)4-5(11-2-10-4)12-6(8)13-7/h2H,9H2,1H3. The molecule has 0 amide bonds. The summed E-state index contributed by atoms with van der Waals surface area (Å²) >= 11 is 5.61. The average Bonchev–Trinajstić information content (AvgIpc) is 2.51. The number of ketones is 1. The Kier molecular flexibility index (Phi) is 1.83. The van der Waals surface area contributed by atoms with E-state index in [1.54, 1.807) is 0 Å². The molecule has 1 atom stereocenters. The third-order valence-corrected chi connectivity index (χ3v) is 2.11. The Bertz CT molecular complexity index is 435. The number of aliphatic imine (C=N–C) groups is 4. The highest BCUT2D eigenvalue weighted by atomic mass is 35.5. The van der Waals surface area contributed by atoms with Gasteiger partial charge in [-0.15, -0.1) is 0 Å². The summed E-state index contributed by atoms with van der Waals surface area (Å²) in [4.78, 5) is 26.5. The lowest BCUT2D eigenvalue weighted by Gasteiger charge is -2.24. The van der Waals surface area contributed by atoms with Gasteiger partial charge < -0.3 is 0 Å². The molecular formula is C7H6ClN5O. The summed E-state index contributed by atoms with van der Waals surface area (Å²) in [6, 6.07) is 0. The first-order chi connectivity index (χ1) is 6.54. The van der Waals surface area contributed by atoms with Crippen molar-refractivity contribution < 1.29 is 4.79 Å². The molecule has 7 heteroatoms. The van der Waals surface area contributed by atoms with Crippen molar-refractivity contribution in [3.63, 3.8) is 0 Å². The van der Waals surface area contributed by atoms with Crippen molar-refractivity contribution in [2.24, 2.45) is 25.7 Å². The van der Waals surface area contributed by atoms with E-state index in [0.717, 1.165) is 0 Å². The van der Waals surface area contributed by atoms with Gasteiger partial charge in [-0.2, -0.15) is 4.99 Å². The van der Waals surface area contributed by atoms with Gasteiger partial charge in [0.15, 0.2) is 11.6 Å². The lowest BCUT2D eigenvalue weighted by atomic mass is 10.00. The number of nitrogens with two attached hydrogens (primary N) is 1. The molecule has 2 aliphatic heterocycles. The fourth-order valence-electron chi connectivity index (χ4n) is 1.17. The van der Waals surface area contributed by atoms with Crippen LogP contribution in [0.2, 0.25) is 0 Å². The lowest BCUT2D eigenvalue weighted by Crippen LogP contribution is -2.56. The Morgan fingerprint density at radius 3 is 3.00 bits per heavy atom. The Morgan fingerprint density at radius 1 is 1.64 bits per heavy atom. The second-order valence-electron chi connectivity index (χ2n) is 2.86. The van der Waals surface area contributed by atoms with Crippen LogP contribution in [0.5, 0.6) is 0 Å². The summed E-state index contributed by atoms with van der Waals surface area (Å²) in [5, 5.41) is -0.0873. The number of amidine groups is 2. The van der Waals surface area contributed by atoms with E-state index in [1.165, 1.54) is 13.3 Å². The molecule has 0 aliphatic carbocycles. The normalized spacial score (nSPS) is 29.2. The van der Waals surface area contributed by atoms with Gasteiger partial charge in [0.1, 0.15) is 12.1 Å². The van der Waals surface area contributed by atoms with Gasteiger partial charge in [-0.25, -0.2) is 15.0 Å². The minimum atomic E-state index is -1.54. The number of nitrogens with zero attached hydrogens (tertiary/aromatic N) is 4. The predicted molar refractivity (Wildman–Crippen MR) is 54.2 cm³/mol.